The summed E-state index contributed by atoms with van der Waals surface area (Å²) in [5.74, 6) is 0. The van der Waals surface area contributed by atoms with Crippen LogP contribution >= 0.6 is 11.3 Å². The predicted molar refractivity (Wildman–Crippen MR) is 227 cm³/mol. The number of thiophene rings is 1. The molecule has 2 nitrogen and oxygen atoms in total. The molecule has 0 atom stereocenters. The molecule has 0 aliphatic heterocycles. The molecule has 0 fully saturated rings. The number of rotatable bonds is 5. The molecular weight excluding hydrogens is 663 g/mol. The number of hydrogen-bond donors (Lipinski definition) is 0. The lowest BCUT2D eigenvalue weighted by Gasteiger charge is -2.27. The van der Waals surface area contributed by atoms with Crippen LogP contribution in [0, 0.1) is 0 Å². The predicted octanol–water partition coefficient (Wildman–Crippen LogP) is 15.1. The largest absolute Gasteiger partial charge is 0.455 e. The number of para-hydroxylation sites is 1. The van der Waals surface area contributed by atoms with Crippen molar-refractivity contribution in [3.63, 3.8) is 0 Å². The van der Waals surface area contributed by atoms with Crippen molar-refractivity contribution in [2.24, 2.45) is 0 Å². The molecule has 11 aromatic rings. The van der Waals surface area contributed by atoms with Crippen molar-refractivity contribution < 1.29 is 4.42 Å². The van der Waals surface area contributed by atoms with Crippen molar-refractivity contribution >= 4 is 92.1 Å². The van der Waals surface area contributed by atoms with Gasteiger partial charge in [0, 0.05) is 42.3 Å². The van der Waals surface area contributed by atoms with E-state index in [9.17, 15) is 0 Å². The maximum Gasteiger partial charge on any atom is 0.144 e. The molecule has 0 unspecified atom stereocenters. The number of anilines is 3. The Hall–Kier alpha value is -6.68. The van der Waals surface area contributed by atoms with Crippen LogP contribution in [0.3, 0.4) is 0 Å². The SMILES string of the molecule is c1ccc2cc(-c3ccc(N(c4ccc(-c5ccc6ccccc6c5)cc4)c4cccc5sc6ccc7c8ccccc8oc7c6c45)cc3)ccc2c1. The summed E-state index contributed by atoms with van der Waals surface area (Å²) < 4.78 is 9.11. The molecule has 248 valence electrons. The molecular formula is C50H31NOS. The fourth-order valence-electron chi connectivity index (χ4n) is 8.02. The molecule has 0 spiro atoms. The third-order valence-corrected chi connectivity index (χ3v) is 11.8. The van der Waals surface area contributed by atoms with E-state index < -0.39 is 0 Å². The van der Waals surface area contributed by atoms with E-state index in [4.69, 9.17) is 4.42 Å². The van der Waals surface area contributed by atoms with Crippen LogP contribution in [0.5, 0.6) is 0 Å². The minimum atomic E-state index is 0.914. The normalized spacial score (nSPS) is 11.8. The van der Waals surface area contributed by atoms with Crippen molar-refractivity contribution in [2.45, 2.75) is 0 Å². The van der Waals surface area contributed by atoms with Gasteiger partial charge in [0.1, 0.15) is 11.2 Å². The first kappa shape index (κ1) is 30.0. The summed E-state index contributed by atoms with van der Waals surface area (Å²) in [5, 5.41) is 9.65. The minimum Gasteiger partial charge on any atom is -0.455 e. The lowest BCUT2D eigenvalue weighted by Crippen LogP contribution is -2.10. The van der Waals surface area contributed by atoms with Gasteiger partial charge >= 0.3 is 0 Å². The maximum absolute atomic E-state index is 6.66. The highest BCUT2D eigenvalue weighted by molar-refractivity contribution is 7.26. The van der Waals surface area contributed by atoms with Crippen molar-refractivity contribution in [1.82, 2.24) is 0 Å². The third-order valence-electron chi connectivity index (χ3n) is 10.6. The van der Waals surface area contributed by atoms with Gasteiger partial charge in [0.05, 0.1) is 5.69 Å². The first-order valence-electron chi connectivity index (χ1n) is 18.0. The van der Waals surface area contributed by atoms with Gasteiger partial charge in [0.15, 0.2) is 0 Å². The van der Waals surface area contributed by atoms with Crippen LogP contribution in [-0.2, 0) is 0 Å². The smallest absolute Gasteiger partial charge is 0.144 e. The Morgan fingerprint density at radius 2 is 0.925 bits per heavy atom. The monoisotopic (exact) mass is 693 g/mol. The van der Waals surface area contributed by atoms with Crippen LogP contribution in [0.4, 0.5) is 17.1 Å². The molecule has 0 aliphatic carbocycles. The van der Waals surface area contributed by atoms with Crippen molar-refractivity contribution in [3.05, 3.63) is 188 Å². The van der Waals surface area contributed by atoms with Gasteiger partial charge in [0.25, 0.3) is 0 Å². The molecule has 53 heavy (non-hydrogen) atoms. The molecule has 0 saturated carbocycles. The average molecular weight is 694 g/mol. The number of hydrogen-bond acceptors (Lipinski definition) is 3. The zero-order valence-corrected chi connectivity index (χ0v) is 29.5. The lowest BCUT2D eigenvalue weighted by molar-refractivity contribution is 0.673. The summed E-state index contributed by atoms with van der Waals surface area (Å²) in [4.78, 5) is 2.41. The van der Waals surface area contributed by atoms with Crippen LogP contribution in [0.25, 0.3) is 85.9 Å². The molecule has 0 saturated heterocycles. The van der Waals surface area contributed by atoms with Crippen molar-refractivity contribution in [2.75, 3.05) is 4.90 Å². The molecule has 2 aromatic heterocycles. The van der Waals surface area contributed by atoms with Gasteiger partial charge in [-0.2, -0.15) is 0 Å². The van der Waals surface area contributed by atoms with E-state index in [1.54, 1.807) is 0 Å². The molecule has 11 rings (SSSR count). The lowest BCUT2D eigenvalue weighted by atomic mass is 9.99. The minimum absolute atomic E-state index is 0.914. The molecule has 3 heteroatoms. The van der Waals surface area contributed by atoms with Gasteiger partial charge < -0.3 is 9.32 Å². The summed E-state index contributed by atoms with van der Waals surface area (Å²) in [7, 11) is 0. The van der Waals surface area contributed by atoms with E-state index in [-0.39, 0.29) is 0 Å². The van der Waals surface area contributed by atoms with E-state index in [1.807, 2.05) is 17.4 Å². The van der Waals surface area contributed by atoms with E-state index in [2.05, 4.69) is 187 Å². The third kappa shape index (κ3) is 4.93. The quantitative estimate of drug-likeness (QED) is 0.178. The first-order valence-corrected chi connectivity index (χ1v) is 18.8. The van der Waals surface area contributed by atoms with Crippen LogP contribution in [0.15, 0.2) is 192 Å². The highest BCUT2D eigenvalue weighted by Crippen LogP contribution is 2.48. The second-order valence-electron chi connectivity index (χ2n) is 13.7. The van der Waals surface area contributed by atoms with Crippen LogP contribution in [0.2, 0.25) is 0 Å². The molecule has 0 amide bonds. The van der Waals surface area contributed by atoms with Crippen LogP contribution in [-0.4, -0.2) is 0 Å². The standard InChI is InChI=1S/C50H31NOS/c1-3-10-36-30-38(18-16-32(36)8-1)34-20-24-40(25-21-34)51(41-26-22-35(23-27-41)39-19-17-33-9-2-4-11-37(33)31-39)44-13-7-15-46-48(44)49-47(53-46)29-28-43-42-12-5-6-14-45(42)52-50(43)49/h1-31H. The second kappa shape index (κ2) is 11.9. The van der Waals surface area contributed by atoms with Crippen LogP contribution in [0.1, 0.15) is 0 Å². The Labute approximate surface area is 310 Å². The Morgan fingerprint density at radius 1 is 0.377 bits per heavy atom. The molecule has 0 aliphatic rings. The Bertz CT molecular complexity index is 3050. The summed E-state index contributed by atoms with van der Waals surface area (Å²) in [5.41, 5.74) is 9.97. The highest BCUT2D eigenvalue weighted by atomic mass is 32.1. The summed E-state index contributed by atoms with van der Waals surface area (Å²) in [6.07, 6.45) is 0. The van der Waals surface area contributed by atoms with E-state index in [0.29, 0.717) is 0 Å². The molecule has 0 bridgehead atoms. The van der Waals surface area contributed by atoms with Crippen LogP contribution < -0.4 is 4.90 Å². The molecule has 0 N–H and O–H groups in total. The average Bonchev–Trinajstić information content (AvgIpc) is 3.80. The van der Waals surface area contributed by atoms with Crippen molar-refractivity contribution in [1.29, 1.82) is 0 Å². The maximum atomic E-state index is 6.66. The molecule has 0 radical (unpaired) electrons. The van der Waals surface area contributed by atoms with Gasteiger partial charge in [-0.05, 0) is 111 Å². The van der Waals surface area contributed by atoms with Gasteiger partial charge in [-0.1, -0.05) is 121 Å². The Kier molecular flexibility index (Phi) is 6.76. The van der Waals surface area contributed by atoms with Gasteiger partial charge in [-0.25, -0.2) is 0 Å². The van der Waals surface area contributed by atoms with Gasteiger partial charge in [0.2, 0.25) is 0 Å². The first-order chi connectivity index (χ1) is 26.2. The summed E-state index contributed by atoms with van der Waals surface area (Å²) in [6.45, 7) is 0. The summed E-state index contributed by atoms with van der Waals surface area (Å²) >= 11 is 1.82. The summed E-state index contributed by atoms with van der Waals surface area (Å²) in [6, 6.07) is 68.0. The van der Waals surface area contributed by atoms with E-state index >= 15 is 0 Å². The van der Waals surface area contributed by atoms with Gasteiger partial charge in [-0.15, -0.1) is 11.3 Å². The zero-order valence-electron chi connectivity index (χ0n) is 28.7. The fourth-order valence-corrected chi connectivity index (χ4v) is 9.15. The topological polar surface area (TPSA) is 16.4 Å². The Balaban J connectivity index is 1.10. The highest BCUT2D eigenvalue weighted by Gasteiger charge is 2.22. The fraction of sp³-hybridized carbons (Fsp3) is 0. The van der Waals surface area contributed by atoms with Crippen molar-refractivity contribution in [3.8, 4) is 22.3 Å². The van der Waals surface area contributed by atoms with E-state index in [1.165, 1.54) is 64.0 Å². The zero-order chi connectivity index (χ0) is 34.9. The Morgan fingerprint density at radius 3 is 1.57 bits per heavy atom. The van der Waals surface area contributed by atoms with E-state index in [0.717, 1.165) is 39.0 Å². The number of nitrogens with zero attached hydrogens (tertiary/aromatic N) is 1. The molecule has 9 aromatic carbocycles. The van der Waals surface area contributed by atoms with Gasteiger partial charge in [-0.3, -0.25) is 0 Å². The molecule has 2 heterocycles. The second-order valence-corrected chi connectivity index (χ2v) is 14.8. The number of benzene rings is 9. The number of furan rings is 1. The number of fused-ring (bicyclic) bond motifs is 9.